The number of rotatable bonds is 4. The minimum Gasteiger partial charge on any atom is -0.489 e. The van der Waals surface area contributed by atoms with E-state index in [1.807, 2.05) is 36.4 Å². The Balaban J connectivity index is 1.83. The second-order valence-corrected chi connectivity index (χ2v) is 5.67. The van der Waals surface area contributed by atoms with Gasteiger partial charge in [-0.25, -0.2) is 0 Å². The number of nitriles is 1. The van der Waals surface area contributed by atoms with E-state index in [4.69, 9.17) is 4.74 Å². The highest BCUT2D eigenvalue weighted by Gasteiger charge is 2.31. The Morgan fingerprint density at radius 1 is 0.885 bits per heavy atom. The molecule has 0 aromatic heterocycles. The molecule has 5 heteroatoms. The molecule has 0 amide bonds. The van der Waals surface area contributed by atoms with Crippen molar-refractivity contribution in [2.24, 2.45) is 0 Å². The summed E-state index contributed by atoms with van der Waals surface area (Å²) in [5, 5.41) is 9.18. The van der Waals surface area contributed by atoms with E-state index in [1.165, 1.54) is 6.07 Å². The number of halogens is 3. The lowest BCUT2D eigenvalue weighted by Crippen LogP contribution is -2.05. The summed E-state index contributed by atoms with van der Waals surface area (Å²) in [4.78, 5) is 0. The summed E-state index contributed by atoms with van der Waals surface area (Å²) in [6, 6.07) is 21.3. The van der Waals surface area contributed by atoms with Gasteiger partial charge in [0.2, 0.25) is 0 Å². The highest BCUT2D eigenvalue weighted by Crippen LogP contribution is 2.34. The van der Waals surface area contributed by atoms with Crippen LogP contribution in [0.4, 0.5) is 13.2 Å². The highest BCUT2D eigenvalue weighted by atomic mass is 19.4. The van der Waals surface area contributed by atoms with Crippen molar-refractivity contribution in [3.8, 4) is 22.9 Å². The summed E-state index contributed by atoms with van der Waals surface area (Å²) in [5.41, 5.74) is 1.20. The van der Waals surface area contributed by atoms with Crippen molar-refractivity contribution in [1.82, 2.24) is 0 Å². The van der Waals surface area contributed by atoms with Crippen LogP contribution in [0.25, 0.3) is 11.1 Å². The molecule has 0 aliphatic carbocycles. The second-order valence-electron chi connectivity index (χ2n) is 5.67. The normalized spacial score (nSPS) is 11.0. The number of benzene rings is 3. The molecule has 0 unspecified atom stereocenters. The van der Waals surface area contributed by atoms with Crippen molar-refractivity contribution in [1.29, 1.82) is 5.26 Å². The first kappa shape index (κ1) is 17.6. The quantitative estimate of drug-likeness (QED) is 0.592. The average molecular weight is 353 g/mol. The molecule has 3 aromatic rings. The molecule has 0 N–H and O–H groups in total. The predicted molar refractivity (Wildman–Crippen MR) is 92.4 cm³/mol. The third-order valence-electron chi connectivity index (χ3n) is 3.88. The van der Waals surface area contributed by atoms with Crippen molar-refractivity contribution >= 4 is 0 Å². The van der Waals surface area contributed by atoms with Crippen LogP contribution in [0.15, 0.2) is 72.8 Å². The van der Waals surface area contributed by atoms with Gasteiger partial charge in [0.15, 0.2) is 0 Å². The van der Waals surface area contributed by atoms with Gasteiger partial charge in [0.05, 0.1) is 17.2 Å². The number of alkyl halides is 3. The predicted octanol–water partition coefficient (Wildman–Crippen LogP) is 5.82. The van der Waals surface area contributed by atoms with Crippen LogP contribution in [0.2, 0.25) is 0 Å². The Kier molecular flexibility index (Phi) is 4.94. The van der Waals surface area contributed by atoms with Crippen molar-refractivity contribution in [3.05, 3.63) is 89.5 Å². The zero-order valence-corrected chi connectivity index (χ0v) is 13.6. The SMILES string of the molecule is N#Cc1ccc(C(F)(F)F)cc1-c1ccc(OCc2ccccc2)cc1. The van der Waals surface area contributed by atoms with E-state index >= 15 is 0 Å². The fourth-order valence-corrected chi connectivity index (χ4v) is 2.53. The molecule has 0 radical (unpaired) electrons. The van der Waals surface area contributed by atoms with E-state index in [0.717, 1.165) is 17.7 Å². The van der Waals surface area contributed by atoms with Gasteiger partial charge in [-0.3, -0.25) is 0 Å². The summed E-state index contributed by atoms with van der Waals surface area (Å²) < 4.78 is 44.5. The van der Waals surface area contributed by atoms with Crippen LogP contribution in [0, 0.1) is 11.3 Å². The van der Waals surface area contributed by atoms with E-state index in [0.29, 0.717) is 17.9 Å². The van der Waals surface area contributed by atoms with Crippen molar-refractivity contribution in [3.63, 3.8) is 0 Å². The van der Waals surface area contributed by atoms with Crippen LogP contribution in [0.3, 0.4) is 0 Å². The van der Waals surface area contributed by atoms with Crippen LogP contribution in [0.1, 0.15) is 16.7 Å². The molecule has 0 aliphatic heterocycles. The summed E-state index contributed by atoms with van der Waals surface area (Å²) in [6.07, 6.45) is -4.46. The van der Waals surface area contributed by atoms with Gasteiger partial charge in [-0.2, -0.15) is 18.4 Å². The second kappa shape index (κ2) is 7.32. The van der Waals surface area contributed by atoms with Gasteiger partial charge in [-0.1, -0.05) is 42.5 Å². The zero-order chi connectivity index (χ0) is 18.6. The summed E-state index contributed by atoms with van der Waals surface area (Å²) in [6.45, 7) is 0.396. The van der Waals surface area contributed by atoms with Crippen molar-refractivity contribution in [2.45, 2.75) is 12.8 Å². The largest absolute Gasteiger partial charge is 0.489 e. The van der Waals surface area contributed by atoms with Crippen LogP contribution >= 0.6 is 0 Å². The van der Waals surface area contributed by atoms with E-state index < -0.39 is 11.7 Å². The Morgan fingerprint density at radius 3 is 2.19 bits per heavy atom. The molecule has 0 aliphatic rings. The molecule has 26 heavy (non-hydrogen) atoms. The molecule has 2 nitrogen and oxygen atoms in total. The van der Waals surface area contributed by atoms with Crippen LogP contribution in [-0.4, -0.2) is 0 Å². The summed E-state index contributed by atoms with van der Waals surface area (Å²) in [5.74, 6) is 0.600. The maximum absolute atomic E-state index is 12.9. The Hall–Kier alpha value is -3.26. The van der Waals surface area contributed by atoms with Crippen molar-refractivity contribution < 1.29 is 17.9 Å². The third-order valence-corrected chi connectivity index (χ3v) is 3.88. The first-order chi connectivity index (χ1) is 12.5. The van der Waals surface area contributed by atoms with Gasteiger partial charge in [-0.05, 0) is 41.5 Å². The van der Waals surface area contributed by atoms with Gasteiger partial charge >= 0.3 is 6.18 Å². The standard InChI is InChI=1S/C21H14F3NO/c22-21(23,24)18-9-6-17(13-25)20(12-18)16-7-10-19(11-8-16)26-14-15-4-2-1-3-5-15/h1-12H,14H2. The molecule has 130 valence electrons. The van der Waals surface area contributed by atoms with Gasteiger partial charge < -0.3 is 4.74 Å². The number of ether oxygens (including phenoxy) is 1. The third kappa shape index (κ3) is 4.04. The fraction of sp³-hybridized carbons (Fsp3) is 0.0952. The first-order valence-electron chi connectivity index (χ1n) is 7.86. The number of hydrogen-bond acceptors (Lipinski definition) is 2. The Bertz CT molecular complexity index is 926. The van der Waals surface area contributed by atoms with Crippen LogP contribution in [0.5, 0.6) is 5.75 Å². The molecule has 0 fully saturated rings. The molecule has 0 saturated carbocycles. The topological polar surface area (TPSA) is 33.0 Å². The lowest BCUT2D eigenvalue weighted by Gasteiger charge is -2.11. The zero-order valence-electron chi connectivity index (χ0n) is 13.6. The smallest absolute Gasteiger partial charge is 0.416 e. The molecule has 3 rings (SSSR count). The van der Waals surface area contributed by atoms with Crippen LogP contribution in [-0.2, 0) is 12.8 Å². The van der Waals surface area contributed by atoms with Gasteiger partial charge in [0.1, 0.15) is 12.4 Å². The molecule has 0 atom stereocenters. The van der Waals surface area contributed by atoms with Crippen molar-refractivity contribution in [2.75, 3.05) is 0 Å². The van der Waals surface area contributed by atoms with E-state index in [2.05, 4.69) is 0 Å². The monoisotopic (exact) mass is 353 g/mol. The molecular formula is C21H14F3NO. The summed E-state index contributed by atoms with van der Waals surface area (Å²) in [7, 11) is 0. The number of hydrogen-bond donors (Lipinski definition) is 0. The lowest BCUT2D eigenvalue weighted by molar-refractivity contribution is -0.137. The van der Waals surface area contributed by atoms with E-state index in [1.54, 1.807) is 24.3 Å². The average Bonchev–Trinajstić information content (AvgIpc) is 2.66. The van der Waals surface area contributed by atoms with E-state index in [-0.39, 0.29) is 11.1 Å². The molecule has 3 aromatic carbocycles. The Morgan fingerprint density at radius 2 is 1.58 bits per heavy atom. The molecule has 0 heterocycles. The highest BCUT2D eigenvalue weighted by molar-refractivity contribution is 5.71. The van der Waals surface area contributed by atoms with Gasteiger partial charge in [0, 0.05) is 5.56 Å². The maximum Gasteiger partial charge on any atom is 0.416 e. The van der Waals surface area contributed by atoms with Gasteiger partial charge in [0.25, 0.3) is 0 Å². The molecule has 0 spiro atoms. The lowest BCUT2D eigenvalue weighted by atomic mass is 9.97. The van der Waals surface area contributed by atoms with Gasteiger partial charge in [-0.15, -0.1) is 0 Å². The molecule has 0 saturated heterocycles. The minimum absolute atomic E-state index is 0.191. The Labute approximate surface area is 149 Å². The first-order valence-corrected chi connectivity index (χ1v) is 7.86. The maximum atomic E-state index is 12.9. The summed E-state index contributed by atoms with van der Waals surface area (Å²) >= 11 is 0. The molecule has 0 bridgehead atoms. The van der Waals surface area contributed by atoms with Crippen LogP contribution < -0.4 is 4.74 Å². The molecular weight excluding hydrogens is 339 g/mol. The minimum atomic E-state index is -4.46. The number of nitrogens with zero attached hydrogens (tertiary/aromatic N) is 1. The fourth-order valence-electron chi connectivity index (χ4n) is 2.53. The van der Waals surface area contributed by atoms with E-state index in [9.17, 15) is 18.4 Å².